The van der Waals surface area contributed by atoms with E-state index < -0.39 is 24.0 Å². The number of fused-ring (bicyclic) bond motifs is 1. The summed E-state index contributed by atoms with van der Waals surface area (Å²) in [6.45, 7) is 0.110. The lowest BCUT2D eigenvalue weighted by atomic mass is 10.1. The van der Waals surface area contributed by atoms with Gasteiger partial charge < -0.3 is 30.9 Å². The van der Waals surface area contributed by atoms with Gasteiger partial charge in [0.1, 0.15) is 6.04 Å². The highest BCUT2D eigenvalue weighted by Gasteiger charge is 2.39. The predicted octanol–water partition coefficient (Wildman–Crippen LogP) is -0.942. The summed E-state index contributed by atoms with van der Waals surface area (Å²) in [5.74, 6) is -0.231. The lowest BCUT2D eigenvalue weighted by molar-refractivity contribution is -0.121. The van der Waals surface area contributed by atoms with Crippen molar-refractivity contribution in [2.75, 3.05) is 19.1 Å². The van der Waals surface area contributed by atoms with E-state index in [-0.39, 0.29) is 31.0 Å². The van der Waals surface area contributed by atoms with E-state index in [1.807, 2.05) is 0 Å². The number of benzene rings is 1. The number of carbonyl (C=O) groups excluding carboxylic acids is 2. The standard InChI is InChI=1S/C13H15N3O5/c14-8-3-11-10(20-5-21-11)2-7(8)13(19)16-4-6(17)1-9(16)12(15)18/h2-3,6,9,17H,1,4-5,14H2,(H2,15,18). The molecule has 1 fully saturated rings. The van der Waals surface area contributed by atoms with Gasteiger partial charge in [-0.1, -0.05) is 0 Å². The molecule has 0 aliphatic carbocycles. The Kier molecular flexibility index (Phi) is 3.09. The smallest absolute Gasteiger partial charge is 0.256 e. The molecule has 2 atom stereocenters. The third-order valence-corrected chi connectivity index (χ3v) is 3.64. The lowest BCUT2D eigenvalue weighted by Crippen LogP contribution is -2.43. The number of primary amides is 1. The molecular weight excluding hydrogens is 278 g/mol. The zero-order chi connectivity index (χ0) is 15.1. The number of nitrogen functional groups attached to an aromatic ring is 1. The van der Waals surface area contributed by atoms with Crippen LogP contribution in [-0.4, -0.2) is 47.3 Å². The molecule has 5 N–H and O–H groups in total. The van der Waals surface area contributed by atoms with E-state index in [4.69, 9.17) is 20.9 Å². The number of β-amino-alcohol motifs (C(OH)–C–C–N with tert-alkyl or cyclic N) is 1. The number of hydrogen-bond donors (Lipinski definition) is 3. The number of hydrogen-bond acceptors (Lipinski definition) is 6. The summed E-state index contributed by atoms with van der Waals surface area (Å²) in [4.78, 5) is 25.2. The highest BCUT2D eigenvalue weighted by molar-refractivity contribution is 6.02. The van der Waals surface area contributed by atoms with Crippen molar-refractivity contribution in [3.63, 3.8) is 0 Å². The minimum absolute atomic E-state index is 0.0420. The molecule has 8 nitrogen and oxygen atoms in total. The highest BCUT2D eigenvalue weighted by atomic mass is 16.7. The van der Waals surface area contributed by atoms with E-state index in [2.05, 4.69) is 0 Å². The van der Waals surface area contributed by atoms with Crippen LogP contribution in [0.1, 0.15) is 16.8 Å². The zero-order valence-electron chi connectivity index (χ0n) is 11.1. The average molecular weight is 293 g/mol. The van der Waals surface area contributed by atoms with Crippen molar-refractivity contribution in [3.05, 3.63) is 17.7 Å². The third kappa shape index (κ3) is 2.23. The normalized spacial score (nSPS) is 23.4. The Balaban J connectivity index is 1.93. The molecule has 1 aromatic carbocycles. The highest BCUT2D eigenvalue weighted by Crippen LogP contribution is 2.37. The van der Waals surface area contributed by atoms with Crippen LogP contribution in [0.3, 0.4) is 0 Å². The number of rotatable bonds is 2. The van der Waals surface area contributed by atoms with E-state index in [0.29, 0.717) is 11.5 Å². The molecule has 112 valence electrons. The second kappa shape index (κ2) is 4.81. The SMILES string of the molecule is NC(=O)C1CC(O)CN1C(=O)c1cc2c(cc1N)OCO2. The minimum Gasteiger partial charge on any atom is -0.454 e. The first-order valence-corrected chi connectivity index (χ1v) is 6.45. The quantitative estimate of drug-likeness (QED) is 0.604. The summed E-state index contributed by atoms with van der Waals surface area (Å²) in [5, 5.41) is 9.66. The number of nitrogens with zero attached hydrogens (tertiary/aromatic N) is 1. The molecule has 8 heteroatoms. The van der Waals surface area contributed by atoms with E-state index in [1.165, 1.54) is 17.0 Å². The molecule has 2 aliphatic heterocycles. The van der Waals surface area contributed by atoms with Gasteiger partial charge in [0.25, 0.3) is 5.91 Å². The molecular formula is C13H15N3O5. The van der Waals surface area contributed by atoms with Crippen molar-refractivity contribution in [2.45, 2.75) is 18.6 Å². The van der Waals surface area contributed by atoms with Gasteiger partial charge >= 0.3 is 0 Å². The molecule has 2 heterocycles. The van der Waals surface area contributed by atoms with Crippen LogP contribution in [0.15, 0.2) is 12.1 Å². The van der Waals surface area contributed by atoms with Crippen molar-refractivity contribution in [3.8, 4) is 11.5 Å². The Morgan fingerprint density at radius 2 is 1.95 bits per heavy atom. The molecule has 2 aliphatic rings. The number of ether oxygens (including phenoxy) is 2. The Morgan fingerprint density at radius 3 is 2.62 bits per heavy atom. The fourth-order valence-corrected chi connectivity index (χ4v) is 2.61. The molecule has 0 aromatic heterocycles. The fourth-order valence-electron chi connectivity index (χ4n) is 2.61. The van der Waals surface area contributed by atoms with Crippen LogP contribution in [-0.2, 0) is 4.79 Å². The third-order valence-electron chi connectivity index (χ3n) is 3.64. The maximum absolute atomic E-state index is 12.6. The molecule has 1 aromatic rings. The maximum atomic E-state index is 12.6. The molecule has 0 bridgehead atoms. The average Bonchev–Trinajstić information content (AvgIpc) is 3.02. The summed E-state index contributed by atoms with van der Waals surface area (Å²) >= 11 is 0. The number of aliphatic hydroxyl groups is 1. The number of carbonyl (C=O) groups is 2. The largest absolute Gasteiger partial charge is 0.454 e. The van der Waals surface area contributed by atoms with E-state index in [1.54, 1.807) is 0 Å². The lowest BCUT2D eigenvalue weighted by Gasteiger charge is -2.22. The Morgan fingerprint density at radius 1 is 1.29 bits per heavy atom. The number of aliphatic hydroxyl groups excluding tert-OH is 1. The molecule has 2 amide bonds. The van der Waals surface area contributed by atoms with Crippen molar-refractivity contribution in [1.29, 1.82) is 0 Å². The van der Waals surface area contributed by atoms with Crippen molar-refractivity contribution in [1.82, 2.24) is 4.90 Å². The van der Waals surface area contributed by atoms with E-state index in [0.717, 1.165) is 0 Å². The summed E-state index contributed by atoms with van der Waals surface area (Å²) in [6, 6.07) is 2.14. The molecule has 2 unspecified atom stereocenters. The molecule has 0 radical (unpaired) electrons. The zero-order valence-corrected chi connectivity index (χ0v) is 11.1. The first-order chi connectivity index (χ1) is 9.97. The first kappa shape index (κ1) is 13.5. The Hall–Kier alpha value is -2.48. The summed E-state index contributed by atoms with van der Waals surface area (Å²) in [5.41, 5.74) is 11.5. The van der Waals surface area contributed by atoms with E-state index in [9.17, 15) is 14.7 Å². The number of nitrogens with two attached hydrogens (primary N) is 2. The fraction of sp³-hybridized carbons (Fsp3) is 0.385. The number of amides is 2. The van der Waals surface area contributed by atoms with Crippen LogP contribution < -0.4 is 20.9 Å². The van der Waals surface area contributed by atoms with E-state index >= 15 is 0 Å². The van der Waals surface area contributed by atoms with Gasteiger partial charge in [-0.15, -0.1) is 0 Å². The van der Waals surface area contributed by atoms with Crippen LogP contribution >= 0.6 is 0 Å². The molecule has 0 spiro atoms. The van der Waals surface area contributed by atoms with Gasteiger partial charge in [0.2, 0.25) is 12.7 Å². The van der Waals surface area contributed by atoms with Gasteiger partial charge in [-0.3, -0.25) is 9.59 Å². The first-order valence-electron chi connectivity index (χ1n) is 6.45. The molecule has 0 saturated carbocycles. The van der Waals surface area contributed by atoms with Crippen LogP contribution in [0.5, 0.6) is 11.5 Å². The second-order valence-corrected chi connectivity index (χ2v) is 5.06. The van der Waals surface area contributed by atoms with Crippen LogP contribution in [0.25, 0.3) is 0 Å². The van der Waals surface area contributed by atoms with Gasteiger partial charge in [-0.2, -0.15) is 0 Å². The summed E-state index contributed by atoms with van der Waals surface area (Å²) in [6.07, 6.45) is -0.646. The minimum atomic E-state index is -0.836. The monoisotopic (exact) mass is 293 g/mol. The second-order valence-electron chi connectivity index (χ2n) is 5.06. The van der Waals surface area contributed by atoms with Gasteiger partial charge in [-0.05, 0) is 6.07 Å². The van der Waals surface area contributed by atoms with Crippen molar-refractivity contribution < 1.29 is 24.2 Å². The molecule has 3 rings (SSSR count). The predicted molar refractivity (Wildman–Crippen MR) is 71.6 cm³/mol. The van der Waals surface area contributed by atoms with Gasteiger partial charge in [-0.25, -0.2) is 0 Å². The Labute approximate surface area is 120 Å². The van der Waals surface area contributed by atoms with Crippen molar-refractivity contribution >= 4 is 17.5 Å². The van der Waals surface area contributed by atoms with Crippen LogP contribution in [0, 0.1) is 0 Å². The summed E-state index contributed by atoms with van der Waals surface area (Å²) < 4.78 is 10.4. The number of likely N-dealkylation sites (tertiary alicyclic amines) is 1. The maximum Gasteiger partial charge on any atom is 0.256 e. The van der Waals surface area contributed by atoms with Crippen molar-refractivity contribution in [2.24, 2.45) is 5.73 Å². The van der Waals surface area contributed by atoms with Crippen LogP contribution in [0.4, 0.5) is 5.69 Å². The van der Waals surface area contributed by atoms with Gasteiger partial charge in [0.05, 0.1) is 11.7 Å². The van der Waals surface area contributed by atoms with Gasteiger partial charge in [0, 0.05) is 24.7 Å². The Bertz CT molecular complexity index is 618. The van der Waals surface area contributed by atoms with Gasteiger partial charge in [0.15, 0.2) is 11.5 Å². The molecule has 1 saturated heterocycles. The molecule has 21 heavy (non-hydrogen) atoms. The van der Waals surface area contributed by atoms with Crippen LogP contribution in [0.2, 0.25) is 0 Å². The topological polar surface area (TPSA) is 128 Å². The summed E-state index contributed by atoms with van der Waals surface area (Å²) in [7, 11) is 0. The number of anilines is 1.